The molecule has 0 spiro atoms. The maximum absolute atomic E-state index is 3.45. The second-order valence-corrected chi connectivity index (χ2v) is 3.37. The fourth-order valence-electron chi connectivity index (χ4n) is 1.23. The average molecular weight is 213 g/mol. The molecule has 11 heavy (non-hydrogen) atoms. The zero-order chi connectivity index (χ0) is 8.27. The van der Waals surface area contributed by atoms with Crippen LogP contribution in [0.2, 0.25) is 0 Å². The van der Waals surface area contributed by atoms with E-state index in [9.17, 15) is 0 Å². The molecule has 0 heterocycles. The highest BCUT2D eigenvalue weighted by molar-refractivity contribution is 9.08. The molecule has 1 rings (SSSR count). The highest BCUT2D eigenvalue weighted by atomic mass is 79.9. The second-order valence-electron chi connectivity index (χ2n) is 2.81. The molecule has 0 fully saturated rings. The smallest absolute Gasteiger partial charge is 0.0283 e. The van der Waals surface area contributed by atoms with Crippen molar-refractivity contribution in [2.45, 2.75) is 25.6 Å². The Balaban J connectivity index is 3.02. The number of alkyl halides is 1. The fourth-order valence-corrected chi connectivity index (χ4v) is 1.55. The van der Waals surface area contributed by atoms with Crippen LogP contribution in [-0.2, 0) is 11.8 Å². The molecule has 0 atom stereocenters. The minimum Gasteiger partial charge on any atom is -0.0876 e. The first-order chi connectivity index (χ1) is 5.26. The summed E-state index contributed by atoms with van der Waals surface area (Å²) in [4.78, 5) is 0. The van der Waals surface area contributed by atoms with Crippen molar-refractivity contribution in [1.82, 2.24) is 0 Å². The highest BCUT2D eigenvalue weighted by Gasteiger charge is 1.94. The monoisotopic (exact) mass is 212 g/mol. The quantitative estimate of drug-likeness (QED) is 0.660. The Morgan fingerprint density at radius 1 is 1.18 bits per heavy atom. The van der Waals surface area contributed by atoms with E-state index in [-0.39, 0.29) is 0 Å². The minimum atomic E-state index is 0.960. The average Bonchev–Trinajstić information content (AvgIpc) is 2.03. The number of halogens is 1. The fraction of sp³-hybridized carbons (Fsp3) is 0.400. The summed E-state index contributed by atoms with van der Waals surface area (Å²) in [5.41, 5.74) is 4.17. The van der Waals surface area contributed by atoms with Gasteiger partial charge in [0, 0.05) is 5.33 Å². The lowest BCUT2D eigenvalue weighted by molar-refractivity contribution is 1.12. The van der Waals surface area contributed by atoms with Gasteiger partial charge in [0.05, 0.1) is 0 Å². The second kappa shape index (κ2) is 3.91. The summed E-state index contributed by atoms with van der Waals surface area (Å²) < 4.78 is 0. The molecule has 1 aromatic rings. The third kappa shape index (κ3) is 2.33. The molecule has 0 saturated heterocycles. The SMILES string of the molecule is CCc1cc(C)cc(CBr)c1. The predicted octanol–water partition coefficient (Wildman–Crippen LogP) is 3.45. The number of aryl methyl sites for hydroxylation is 2. The van der Waals surface area contributed by atoms with Crippen LogP contribution in [0.25, 0.3) is 0 Å². The van der Waals surface area contributed by atoms with Gasteiger partial charge in [-0.05, 0) is 24.5 Å². The third-order valence-corrected chi connectivity index (χ3v) is 2.41. The van der Waals surface area contributed by atoms with Crippen molar-refractivity contribution in [1.29, 1.82) is 0 Å². The first-order valence-corrected chi connectivity index (χ1v) is 5.03. The molecule has 1 heteroatoms. The van der Waals surface area contributed by atoms with Crippen molar-refractivity contribution in [3.8, 4) is 0 Å². The molecular formula is C10H13Br. The van der Waals surface area contributed by atoms with E-state index in [1.54, 1.807) is 0 Å². The maximum Gasteiger partial charge on any atom is 0.0283 e. The van der Waals surface area contributed by atoms with Gasteiger partial charge in [-0.25, -0.2) is 0 Å². The van der Waals surface area contributed by atoms with Crippen LogP contribution in [0, 0.1) is 6.92 Å². The summed E-state index contributed by atoms with van der Waals surface area (Å²) in [6, 6.07) is 6.71. The summed E-state index contributed by atoms with van der Waals surface area (Å²) in [6.07, 6.45) is 1.13. The molecule has 0 N–H and O–H groups in total. The molecule has 1 aromatic carbocycles. The Labute approximate surface area is 76.8 Å². The lowest BCUT2D eigenvalue weighted by Crippen LogP contribution is -1.86. The van der Waals surface area contributed by atoms with E-state index in [0.717, 1.165) is 11.8 Å². The molecular weight excluding hydrogens is 200 g/mol. The van der Waals surface area contributed by atoms with Crippen molar-refractivity contribution in [2.24, 2.45) is 0 Å². The van der Waals surface area contributed by atoms with Crippen LogP contribution in [0.3, 0.4) is 0 Å². The minimum absolute atomic E-state index is 0.960. The van der Waals surface area contributed by atoms with Crippen LogP contribution in [0.15, 0.2) is 18.2 Å². The summed E-state index contributed by atoms with van der Waals surface area (Å²) in [5, 5.41) is 0.960. The molecule has 0 unspecified atom stereocenters. The molecule has 0 nitrogen and oxygen atoms in total. The van der Waals surface area contributed by atoms with E-state index in [4.69, 9.17) is 0 Å². The molecule has 0 aliphatic carbocycles. The van der Waals surface area contributed by atoms with Crippen molar-refractivity contribution in [2.75, 3.05) is 0 Å². The van der Waals surface area contributed by atoms with Crippen LogP contribution in [-0.4, -0.2) is 0 Å². The van der Waals surface area contributed by atoms with Gasteiger partial charge in [-0.3, -0.25) is 0 Å². The Morgan fingerprint density at radius 2 is 1.82 bits per heavy atom. The van der Waals surface area contributed by atoms with Crippen LogP contribution in [0.5, 0.6) is 0 Å². The van der Waals surface area contributed by atoms with E-state index in [0.29, 0.717) is 0 Å². The van der Waals surface area contributed by atoms with Crippen molar-refractivity contribution in [3.63, 3.8) is 0 Å². The van der Waals surface area contributed by atoms with Gasteiger partial charge in [0.1, 0.15) is 0 Å². The maximum atomic E-state index is 3.45. The van der Waals surface area contributed by atoms with E-state index in [1.807, 2.05) is 0 Å². The zero-order valence-corrected chi connectivity index (χ0v) is 8.61. The van der Waals surface area contributed by atoms with Gasteiger partial charge < -0.3 is 0 Å². The Morgan fingerprint density at radius 3 is 2.36 bits per heavy atom. The van der Waals surface area contributed by atoms with Gasteiger partial charge in [0.15, 0.2) is 0 Å². The summed E-state index contributed by atoms with van der Waals surface area (Å²) in [7, 11) is 0. The topological polar surface area (TPSA) is 0 Å². The van der Waals surface area contributed by atoms with Gasteiger partial charge >= 0.3 is 0 Å². The summed E-state index contributed by atoms with van der Waals surface area (Å²) in [5.74, 6) is 0. The Kier molecular flexibility index (Phi) is 3.13. The molecule has 0 amide bonds. The molecule has 0 bridgehead atoms. The van der Waals surface area contributed by atoms with Crippen LogP contribution >= 0.6 is 15.9 Å². The lowest BCUT2D eigenvalue weighted by Gasteiger charge is -2.02. The number of rotatable bonds is 2. The Bertz CT molecular complexity index is 218. The normalized spacial score (nSPS) is 10.1. The van der Waals surface area contributed by atoms with Gasteiger partial charge in [0.25, 0.3) is 0 Å². The van der Waals surface area contributed by atoms with E-state index < -0.39 is 0 Å². The van der Waals surface area contributed by atoms with Crippen LogP contribution in [0.4, 0.5) is 0 Å². The van der Waals surface area contributed by atoms with E-state index in [2.05, 4.69) is 48.0 Å². The third-order valence-electron chi connectivity index (χ3n) is 1.76. The molecule has 0 radical (unpaired) electrons. The molecule has 0 aromatic heterocycles. The summed E-state index contributed by atoms with van der Waals surface area (Å²) in [6.45, 7) is 4.33. The highest BCUT2D eigenvalue weighted by Crippen LogP contribution is 2.12. The predicted molar refractivity (Wildman–Crippen MR) is 53.2 cm³/mol. The Hall–Kier alpha value is -0.300. The van der Waals surface area contributed by atoms with E-state index >= 15 is 0 Å². The first-order valence-electron chi connectivity index (χ1n) is 3.91. The van der Waals surface area contributed by atoms with Gasteiger partial charge in [-0.1, -0.05) is 46.6 Å². The van der Waals surface area contributed by atoms with Crippen molar-refractivity contribution < 1.29 is 0 Å². The zero-order valence-electron chi connectivity index (χ0n) is 7.02. The molecule has 0 aliphatic heterocycles. The van der Waals surface area contributed by atoms with Gasteiger partial charge in [-0.15, -0.1) is 0 Å². The van der Waals surface area contributed by atoms with Crippen molar-refractivity contribution in [3.05, 3.63) is 34.9 Å². The molecule has 0 aliphatic rings. The first kappa shape index (κ1) is 8.79. The standard InChI is InChI=1S/C10H13Br/c1-3-9-4-8(2)5-10(6-9)7-11/h4-6H,3,7H2,1-2H3. The van der Waals surface area contributed by atoms with Crippen molar-refractivity contribution >= 4 is 15.9 Å². The van der Waals surface area contributed by atoms with Gasteiger partial charge in [0.2, 0.25) is 0 Å². The largest absolute Gasteiger partial charge is 0.0876 e. The van der Waals surface area contributed by atoms with Crippen LogP contribution in [0.1, 0.15) is 23.6 Å². The van der Waals surface area contributed by atoms with Gasteiger partial charge in [-0.2, -0.15) is 0 Å². The number of benzene rings is 1. The van der Waals surface area contributed by atoms with E-state index in [1.165, 1.54) is 16.7 Å². The number of hydrogen-bond acceptors (Lipinski definition) is 0. The molecule has 0 saturated carbocycles. The molecule has 60 valence electrons. The summed E-state index contributed by atoms with van der Waals surface area (Å²) >= 11 is 3.45. The number of hydrogen-bond donors (Lipinski definition) is 0. The lowest BCUT2D eigenvalue weighted by atomic mass is 10.1. The van der Waals surface area contributed by atoms with Crippen LogP contribution < -0.4 is 0 Å².